The van der Waals surface area contributed by atoms with E-state index < -0.39 is 17.7 Å². The molecule has 1 heterocycles. The second-order valence-corrected chi connectivity index (χ2v) is 9.65. The van der Waals surface area contributed by atoms with Gasteiger partial charge in [0.15, 0.2) is 0 Å². The van der Waals surface area contributed by atoms with Gasteiger partial charge in [0, 0.05) is 23.1 Å². The number of hydrogen-bond acceptors (Lipinski definition) is 6. The Hall–Kier alpha value is -5.04. The summed E-state index contributed by atoms with van der Waals surface area (Å²) in [4.78, 5) is 28.7. The fourth-order valence-corrected chi connectivity index (χ4v) is 5.02. The minimum absolute atomic E-state index is 0.00259. The molecule has 1 atom stereocenters. The largest absolute Gasteiger partial charge is 0.507 e. The first kappa shape index (κ1) is 27.5. The number of para-hydroxylation sites is 1. The van der Waals surface area contributed by atoms with E-state index in [9.17, 15) is 14.7 Å². The number of aliphatic hydroxyl groups is 1. The molecule has 4 aromatic carbocycles. The number of nitrogens with zero attached hydrogens (tertiary/aromatic N) is 1. The molecule has 4 aromatic rings. The smallest absolute Gasteiger partial charge is 0.300 e. The summed E-state index contributed by atoms with van der Waals surface area (Å²) in [6.45, 7) is 6.46. The van der Waals surface area contributed by atoms with Crippen LogP contribution < -0.4 is 19.7 Å². The molecule has 0 aromatic heterocycles. The Labute approximate surface area is 239 Å². The third-order valence-electron chi connectivity index (χ3n) is 6.83. The van der Waals surface area contributed by atoms with Gasteiger partial charge in [-0.3, -0.25) is 14.5 Å². The van der Waals surface area contributed by atoms with E-state index in [0.29, 0.717) is 41.5 Å². The Balaban J connectivity index is 1.61. The molecule has 1 unspecified atom stereocenters. The Morgan fingerprint density at radius 2 is 1.54 bits per heavy atom. The van der Waals surface area contributed by atoms with Crippen molar-refractivity contribution in [1.82, 2.24) is 0 Å². The van der Waals surface area contributed by atoms with Crippen LogP contribution in [0, 0.1) is 6.92 Å². The highest BCUT2D eigenvalue weighted by Gasteiger charge is 2.47. The van der Waals surface area contributed by atoms with Gasteiger partial charge in [0.1, 0.15) is 17.3 Å². The lowest BCUT2D eigenvalue weighted by Gasteiger charge is -2.26. The number of aryl methyl sites for hydroxylation is 1. The van der Waals surface area contributed by atoms with Gasteiger partial charge in [-0.2, -0.15) is 0 Å². The van der Waals surface area contributed by atoms with Crippen molar-refractivity contribution in [1.29, 1.82) is 0 Å². The maximum absolute atomic E-state index is 13.6. The summed E-state index contributed by atoms with van der Waals surface area (Å²) >= 11 is 0. The normalized spacial score (nSPS) is 16.1. The van der Waals surface area contributed by atoms with Crippen molar-refractivity contribution in [2.45, 2.75) is 26.8 Å². The number of anilines is 3. The molecule has 5 rings (SSSR count). The molecule has 0 saturated carbocycles. The van der Waals surface area contributed by atoms with Gasteiger partial charge in [0.25, 0.3) is 11.7 Å². The third kappa shape index (κ3) is 5.65. The van der Waals surface area contributed by atoms with E-state index in [1.807, 2.05) is 87.5 Å². The Bertz CT molecular complexity index is 1600. The summed E-state index contributed by atoms with van der Waals surface area (Å²) in [6, 6.07) is 28.8. The monoisotopic (exact) mass is 548 g/mol. The molecule has 0 spiro atoms. The number of carbonyl (C=O) groups is 2. The number of rotatable bonds is 9. The van der Waals surface area contributed by atoms with Crippen molar-refractivity contribution in [3.8, 4) is 11.5 Å². The molecule has 7 heteroatoms. The molecule has 208 valence electrons. The summed E-state index contributed by atoms with van der Waals surface area (Å²) in [5.41, 5.74) is 4.28. The minimum atomic E-state index is -0.844. The van der Waals surface area contributed by atoms with Gasteiger partial charge in [-0.25, -0.2) is 0 Å². The van der Waals surface area contributed by atoms with Crippen LogP contribution in [0.4, 0.5) is 17.1 Å². The Morgan fingerprint density at radius 1 is 0.829 bits per heavy atom. The fraction of sp³-hybridized carbons (Fsp3) is 0.176. The van der Waals surface area contributed by atoms with E-state index >= 15 is 0 Å². The van der Waals surface area contributed by atoms with Gasteiger partial charge in [0.2, 0.25) is 0 Å². The standard InChI is InChI=1S/C34H32N2O5/c1-4-40-27-18-19-28(29(21-27)41-5-2)32(37)30-31(23-11-9-10-22(3)20-23)36(34(39)33(30)38)26-16-14-25(15-17-26)35-24-12-7-6-8-13-24/h6-21,31,35,37H,4-5H2,1-3H3/b32-30-. The Morgan fingerprint density at radius 3 is 2.22 bits per heavy atom. The van der Waals surface area contributed by atoms with Crippen molar-refractivity contribution < 1.29 is 24.2 Å². The van der Waals surface area contributed by atoms with Gasteiger partial charge < -0.3 is 19.9 Å². The van der Waals surface area contributed by atoms with Crippen LogP contribution in [-0.4, -0.2) is 30.0 Å². The molecule has 1 aliphatic heterocycles. The van der Waals surface area contributed by atoms with Crippen molar-refractivity contribution in [3.05, 3.63) is 119 Å². The SMILES string of the molecule is CCOc1ccc(/C(O)=C2/C(=O)C(=O)N(c3ccc(Nc4ccccc4)cc3)C2c2cccc(C)c2)c(OCC)c1. The molecule has 1 aliphatic rings. The summed E-state index contributed by atoms with van der Waals surface area (Å²) < 4.78 is 11.4. The summed E-state index contributed by atoms with van der Waals surface area (Å²) in [7, 11) is 0. The zero-order valence-corrected chi connectivity index (χ0v) is 23.3. The highest BCUT2D eigenvalue weighted by atomic mass is 16.5. The molecule has 7 nitrogen and oxygen atoms in total. The zero-order chi connectivity index (χ0) is 28.9. The first-order chi connectivity index (χ1) is 19.9. The van der Waals surface area contributed by atoms with Gasteiger partial charge in [-0.15, -0.1) is 0 Å². The highest BCUT2D eigenvalue weighted by molar-refractivity contribution is 6.51. The number of ketones is 1. The quantitative estimate of drug-likeness (QED) is 0.131. The van der Waals surface area contributed by atoms with Crippen molar-refractivity contribution in [3.63, 3.8) is 0 Å². The fourth-order valence-electron chi connectivity index (χ4n) is 5.02. The molecule has 0 radical (unpaired) electrons. The maximum Gasteiger partial charge on any atom is 0.300 e. The van der Waals surface area contributed by atoms with Crippen LogP contribution in [0.1, 0.15) is 36.6 Å². The average Bonchev–Trinajstić information content (AvgIpc) is 3.24. The van der Waals surface area contributed by atoms with Crippen molar-refractivity contribution in [2.24, 2.45) is 0 Å². The second kappa shape index (κ2) is 12.0. The minimum Gasteiger partial charge on any atom is -0.507 e. The van der Waals surface area contributed by atoms with Gasteiger partial charge in [-0.05, 0) is 74.9 Å². The molecule has 2 N–H and O–H groups in total. The summed E-state index contributed by atoms with van der Waals surface area (Å²) in [5, 5.41) is 15.0. The number of amides is 1. The van der Waals surface area contributed by atoms with Crippen molar-refractivity contribution >= 4 is 34.5 Å². The van der Waals surface area contributed by atoms with Crippen LogP contribution in [-0.2, 0) is 9.59 Å². The topological polar surface area (TPSA) is 88.1 Å². The number of ether oxygens (including phenoxy) is 2. The predicted molar refractivity (Wildman–Crippen MR) is 161 cm³/mol. The lowest BCUT2D eigenvalue weighted by Crippen LogP contribution is -2.29. The van der Waals surface area contributed by atoms with Crippen LogP contribution in [0.5, 0.6) is 11.5 Å². The first-order valence-corrected chi connectivity index (χ1v) is 13.6. The maximum atomic E-state index is 13.6. The molecule has 41 heavy (non-hydrogen) atoms. The first-order valence-electron chi connectivity index (χ1n) is 13.6. The molecule has 0 aliphatic carbocycles. The number of benzene rings is 4. The number of hydrogen-bond donors (Lipinski definition) is 2. The molecule has 1 fully saturated rings. The zero-order valence-electron chi connectivity index (χ0n) is 23.3. The summed E-state index contributed by atoms with van der Waals surface area (Å²) in [6.07, 6.45) is 0. The predicted octanol–water partition coefficient (Wildman–Crippen LogP) is 7.16. The highest BCUT2D eigenvalue weighted by Crippen LogP contribution is 2.44. The van der Waals surface area contributed by atoms with Crippen LogP contribution in [0.2, 0.25) is 0 Å². The van der Waals surface area contributed by atoms with Gasteiger partial charge in [0.05, 0.1) is 30.4 Å². The van der Waals surface area contributed by atoms with E-state index in [2.05, 4.69) is 5.32 Å². The van der Waals surface area contributed by atoms with Crippen LogP contribution >= 0.6 is 0 Å². The molecular weight excluding hydrogens is 516 g/mol. The lowest BCUT2D eigenvalue weighted by atomic mass is 9.94. The van der Waals surface area contributed by atoms with Gasteiger partial charge in [-0.1, -0.05) is 48.0 Å². The number of aliphatic hydroxyl groups excluding tert-OH is 1. The molecular formula is C34H32N2O5. The van der Waals surface area contributed by atoms with E-state index in [1.165, 1.54) is 4.90 Å². The van der Waals surface area contributed by atoms with E-state index in [0.717, 1.165) is 16.9 Å². The second-order valence-electron chi connectivity index (χ2n) is 9.65. The van der Waals surface area contributed by atoms with Crippen LogP contribution in [0.25, 0.3) is 5.76 Å². The number of nitrogens with one attached hydrogen (secondary N) is 1. The van der Waals surface area contributed by atoms with Crippen LogP contribution in [0.3, 0.4) is 0 Å². The average molecular weight is 549 g/mol. The molecule has 1 amide bonds. The molecule has 1 saturated heterocycles. The van der Waals surface area contributed by atoms with Gasteiger partial charge >= 0.3 is 0 Å². The van der Waals surface area contributed by atoms with E-state index in [-0.39, 0.29) is 11.3 Å². The third-order valence-corrected chi connectivity index (χ3v) is 6.83. The lowest BCUT2D eigenvalue weighted by molar-refractivity contribution is -0.132. The van der Waals surface area contributed by atoms with E-state index in [4.69, 9.17) is 9.47 Å². The summed E-state index contributed by atoms with van der Waals surface area (Å²) in [5.74, 6) is -0.845. The van der Waals surface area contributed by atoms with E-state index in [1.54, 1.807) is 30.3 Å². The Kier molecular flexibility index (Phi) is 8.06. The van der Waals surface area contributed by atoms with Crippen LogP contribution in [0.15, 0.2) is 103 Å². The molecule has 0 bridgehead atoms. The van der Waals surface area contributed by atoms with Crippen molar-refractivity contribution in [2.75, 3.05) is 23.4 Å². The number of carbonyl (C=O) groups excluding carboxylic acids is 2. The number of Topliss-reactive ketones (excluding diaryl/α,β-unsaturated/α-hetero) is 1.